The topological polar surface area (TPSA) is 42.0 Å². The molecular formula is C27H36N2O3. The number of ether oxygens (including phenoxy) is 2. The van der Waals surface area contributed by atoms with Crippen LogP contribution in [-0.4, -0.2) is 63.2 Å². The lowest BCUT2D eigenvalue weighted by Gasteiger charge is -2.33. The summed E-state index contributed by atoms with van der Waals surface area (Å²) in [4.78, 5) is 17.3. The molecule has 2 aromatic carbocycles. The predicted molar refractivity (Wildman–Crippen MR) is 130 cm³/mol. The Bertz CT molecular complexity index is 902. The van der Waals surface area contributed by atoms with Crippen molar-refractivity contribution in [3.63, 3.8) is 0 Å². The van der Waals surface area contributed by atoms with E-state index in [0.717, 1.165) is 56.0 Å². The quantitative estimate of drug-likeness (QED) is 0.580. The van der Waals surface area contributed by atoms with E-state index in [4.69, 9.17) is 9.47 Å². The predicted octanol–water partition coefficient (Wildman–Crippen LogP) is 4.52. The Morgan fingerprint density at radius 1 is 1.06 bits per heavy atom. The number of nitrogens with zero attached hydrogens (tertiary/aromatic N) is 2. The molecule has 2 aromatic rings. The van der Waals surface area contributed by atoms with Gasteiger partial charge in [-0.15, -0.1) is 0 Å². The minimum Gasteiger partial charge on any atom is -0.493 e. The van der Waals surface area contributed by atoms with Crippen LogP contribution in [0.15, 0.2) is 54.1 Å². The van der Waals surface area contributed by atoms with Crippen LogP contribution in [0.25, 0.3) is 6.08 Å². The van der Waals surface area contributed by atoms with Gasteiger partial charge < -0.3 is 14.4 Å². The monoisotopic (exact) mass is 436 g/mol. The number of benzene rings is 2. The van der Waals surface area contributed by atoms with Crippen LogP contribution in [0, 0.1) is 5.92 Å². The van der Waals surface area contributed by atoms with E-state index in [1.165, 1.54) is 11.1 Å². The zero-order valence-corrected chi connectivity index (χ0v) is 19.8. The molecular weight excluding hydrogens is 400 g/mol. The summed E-state index contributed by atoms with van der Waals surface area (Å²) < 4.78 is 10.7. The van der Waals surface area contributed by atoms with E-state index in [1.54, 1.807) is 14.2 Å². The molecule has 0 aliphatic carbocycles. The van der Waals surface area contributed by atoms with Gasteiger partial charge >= 0.3 is 0 Å². The number of hydrogen-bond acceptors (Lipinski definition) is 4. The van der Waals surface area contributed by atoms with Gasteiger partial charge in [0.2, 0.25) is 5.91 Å². The van der Waals surface area contributed by atoms with Crippen LogP contribution in [0.3, 0.4) is 0 Å². The summed E-state index contributed by atoms with van der Waals surface area (Å²) in [7, 11) is 5.20. The first-order valence-electron chi connectivity index (χ1n) is 11.4. The Labute approximate surface area is 192 Å². The molecule has 32 heavy (non-hydrogen) atoms. The van der Waals surface area contributed by atoms with Crippen molar-refractivity contribution < 1.29 is 14.3 Å². The fourth-order valence-corrected chi connectivity index (χ4v) is 4.32. The van der Waals surface area contributed by atoms with Crippen molar-refractivity contribution in [1.82, 2.24) is 9.80 Å². The number of carbonyl (C=O) groups is 1. The van der Waals surface area contributed by atoms with Crippen molar-refractivity contribution in [3.8, 4) is 11.5 Å². The Hall–Kier alpha value is -2.79. The number of piperidine rings is 1. The molecule has 1 aliphatic heterocycles. The lowest BCUT2D eigenvalue weighted by molar-refractivity contribution is -0.135. The second kappa shape index (κ2) is 11.7. The molecule has 5 nitrogen and oxygen atoms in total. The van der Waals surface area contributed by atoms with E-state index in [1.807, 2.05) is 36.2 Å². The van der Waals surface area contributed by atoms with Gasteiger partial charge in [0.05, 0.1) is 14.2 Å². The largest absolute Gasteiger partial charge is 0.493 e. The van der Waals surface area contributed by atoms with Crippen molar-refractivity contribution in [1.29, 1.82) is 0 Å². The third kappa shape index (κ3) is 6.60. The number of likely N-dealkylation sites (N-methyl/N-ethyl adjacent to an activating group) is 1. The van der Waals surface area contributed by atoms with Crippen molar-refractivity contribution in [2.24, 2.45) is 5.92 Å². The van der Waals surface area contributed by atoms with Gasteiger partial charge in [-0.2, -0.15) is 0 Å². The highest BCUT2D eigenvalue weighted by Crippen LogP contribution is 2.28. The minimum absolute atomic E-state index is 0.125. The van der Waals surface area contributed by atoms with Gasteiger partial charge in [0.25, 0.3) is 0 Å². The van der Waals surface area contributed by atoms with Gasteiger partial charge in [0.15, 0.2) is 11.5 Å². The number of carbonyl (C=O) groups excluding carboxylic acids is 1. The van der Waals surface area contributed by atoms with E-state index in [9.17, 15) is 4.79 Å². The number of hydrogen-bond donors (Lipinski definition) is 0. The smallest absolute Gasteiger partial charge is 0.225 e. The van der Waals surface area contributed by atoms with E-state index >= 15 is 0 Å². The number of amides is 1. The summed E-state index contributed by atoms with van der Waals surface area (Å²) in [5.41, 5.74) is 3.73. The minimum atomic E-state index is 0.125. The molecule has 5 heteroatoms. The van der Waals surface area contributed by atoms with Gasteiger partial charge in [-0.25, -0.2) is 0 Å². The lowest BCUT2D eigenvalue weighted by atomic mass is 9.95. The summed E-state index contributed by atoms with van der Waals surface area (Å²) >= 11 is 0. The maximum Gasteiger partial charge on any atom is 0.225 e. The summed E-state index contributed by atoms with van der Waals surface area (Å²) in [5.74, 6) is 1.84. The van der Waals surface area contributed by atoms with Crippen LogP contribution in [0.4, 0.5) is 0 Å². The van der Waals surface area contributed by atoms with Crippen LogP contribution in [0.2, 0.25) is 0 Å². The molecule has 1 saturated heterocycles. The van der Waals surface area contributed by atoms with Crippen molar-refractivity contribution in [3.05, 3.63) is 65.2 Å². The third-order valence-corrected chi connectivity index (χ3v) is 6.18. The molecule has 3 rings (SSSR count). The molecule has 0 saturated carbocycles. The molecule has 0 bridgehead atoms. The highest BCUT2D eigenvalue weighted by atomic mass is 16.5. The molecule has 1 amide bonds. The maximum atomic E-state index is 13.0. The van der Waals surface area contributed by atoms with Crippen LogP contribution in [0.1, 0.15) is 30.9 Å². The van der Waals surface area contributed by atoms with E-state index < -0.39 is 0 Å². The fourth-order valence-electron chi connectivity index (χ4n) is 4.32. The van der Waals surface area contributed by atoms with Gasteiger partial charge in [-0.1, -0.05) is 48.0 Å². The zero-order chi connectivity index (χ0) is 22.9. The molecule has 0 aromatic heterocycles. The van der Waals surface area contributed by atoms with Crippen LogP contribution in [0.5, 0.6) is 11.5 Å². The molecule has 0 atom stereocenters. The van der Waals surface area contributed by atoms with Crippen LogP contribution >= 0.6 is 0 Å². The average Bonchev–Trinajstić information content (AvgIpc) is 2.82. The van der Waals surface area contributed by atoms with Crippen LogP contribution < -0.4 is 9.47 Å². The summed E-state index contributed by atoms with van der Waals surface area (Å²) in [6.07, 6.45) is 4.90. The molecule has 0 radical (unpaired) electrons. The highest BCUT2D eigenvalue weighted by Gasteiger charge is 2.27. The Balaban J connectivity index is 1.45. The summed E-state index contributed by atoms with van der Waals surface area (Å²) in [6.45, 7) is 5.80. The standard InChI is InChI=1S/C27H36N2O3/c1-21(18-22-8-6-5-7-9-22)20-29-16-13-24(14-17-29)27(30)28(2)15-12-23-10-11-25(31-3)26(19-23)32-4/h5-11,18-19,24H,12-17,20H2,1-4H3/b21-18+. The SMILES string of the molecule is COc1ccc(CCN(C)C(=O)C2CCN(C/C(C)=C/c3ccccc3)CC2)cc1OC. The molecule has 1 heterocycles. The van der Waals surface area contributed by atoms with Gasteiger partial charge in [-0.05, 0) is 62.5 Å². The Kier molecular flexibility index (Phi) is 8.74. The highest BCUT2D eigenvalue weighted by molar-refractivity contribution is 5.78. The van der Waals surface area contributed by atoms with Crippen molar-refractivity contribution >= 4 is 12.0 Å². The molecule has 1 aliphatic rings. The van der Waals surface area contributed by atoms with Crippen LogP contribution in [-0.2, 0) is 11.2 Å². The second-order valence-corrected chi connectivity index (χ2v) is 8.65. The second-order valence-electron chi connectivity index (χ2n) is 8.65. The van der Waals surface area contributed by atoms with E-state index in [2.05, 4.69) is 42.2 Å². The van der Waals surface area contributed by atoms with E-state index in [0.29, 0.717) is 6.54 Å². The fraction of sp³-hybridized carbons (Fsp3) is 0.444. The third-order valence-electron chi connectivity index (χ3n) is 6.18. The van der Waals surface area contributed by atoms with E-state index in [-0.39, 0.29) is 11.8 Å². The number of rotatable bonds is 9. The molecule has 0 N–H and O–H groups in total. The first kappa shape index (κ1) is 23.9. The number of likely N-dealkylation sites (tertiary alicyclic amines) is 1. The normalized spacial score (nSPS) is 15.4. The summed E-state index contributed by atoms with van der Waals surface area (Å²) in [6, 6.07) is 16.4. The Morgan fingerprint density at radius 2 is 1.75 bits per heavy atom. The van der Waals surface area contributed by atoms with Crippen molar-refractivity contribution in [2.75, 3.05) is 47.4 Å². The molecule has 172 valence electrons. The van der Waals surface area contributed by atoms with Crippen molar-refractivity contribution in [2.45, 2.75) is 26.2 Å². The van der Waals surface area contributed by atoms with Gasteiger partial charge in [-0.3, -0.25) is 9.69 Å². The average molecular weight is 437 g/mol. The molecule has 0 spiro atoms. The first-order valence-corrected chi connectivity index (χ1v) is 11.4. The maximum absolute atomic E-state index is 13.0. The molecule has 0 unspecified atom stereocenters. The van der Waals surface area contributed by atoms with Gasteiger partial charge in [0, 0.05) is 26.1 Å². The lowest BCUT2D eigenvalue weighted by Crippen LogP contribution is -2.42. The Morgan fingerprint density at radius 3 is 2.41 bits per heavy atom. The number of methoxy groups -OCH3 is 2. The van der Waals surface area contributed by atoms with Gasteiger partial charge in [0.1, 0.15) is 0 Å². The zero-order valence-electron chi connectivity index (χ0n) is 19.8. The first-order chi connectivity index (χ1) is 15.5. The molecule has 1 fully saturated rings. The summed E-state index contributed by atoms with van der Waals surface area (Å²) in [5, 5.41) is 0.